The molecule has 0 bridgehead atoms. The summed E-state index contributed by atoms with van der Waals surface area (Å²) in [5.74, 6) is 1.32. The number of halogens is 1. The lowest BCUT2D eigenvalue weighted by Crippen LogP contribution is -2.23. The van der Waals surface area contributed by atoms with Crippen LogP contribution in [0.2, 0.25) is 0 Å². The highest BCUT2D eigenvalue weighted by atomic mass is 35.5. The van der Waals surface area contributed by atoms with Gasteiger partial charge in [-0.05, 0) is 38.2 Å². The third-order valence-corrected chi connectivity index (χ3v) is 3.95. The lowest BCUT2D eigenvalue weighted by atomic mass is 9.78. The van der Waals surface area contributed by atoms with E-state index in [0.717, 1.165) is 24.5 Å². The number of hydrogen-bond donors (Lipinski definition) is 0. The minimum Gasteiger partial charge on any atom is -0.272 e. The van der Waals surface area contributed by atoms with E-state index >= 15 is 0 Å². The Morgan fingerprint density at radius 2 is 2.20 bits per heavy atom. The van der Waals surface area contributed by atoms with Crippen LogP contribution < -0.4 is 0 Å². The first-order valence-electron chi connectivity index (χ1n) is 5.72. The van der Waals surface area contributed by atoms with Gasteiger partial charge in [0.1, 0.15) is 0 Å². The standard InChI is InChI=1S/C12H19ClN2/c1-8-4-5-10(13)7-11(8)12-6-9(2)14-15(12)3/h6,8,10-11H,4-5,7H2,1-3H3. The normalized spacial score (nSPS) is 31.9. The largest absolute Gasteiger partial charge is 0.272 e. The molecule has 1 heterocycles. The van der Waals surface area contributed by atoms with Gasteiger partial charge in [0, 0.05) is 24.0 Å². The van der Waals surface area contributed by atoms with Gasteiger partial charge in [0.15, 0.2) is 0 Å². The molecule has 2 rings (SSSR count). The highest BCUT2D eigenvalue weighted by Gasteiger charge is 2.29. The molecule has 0 amide bonds. The van der Waals surface area contributed by atoms with Crippen LogP contribution in [0.15, 0.2) is 6.07 Å². The second kappa shape index (κ2) is 4.17. The van der Waals surface area contributed by atoms with Crippen LogP contribution in [0, 0.1) is 12.8 Å². The Morgan fingerprint density at radius 1 is 1.47 bits per heavy atom. The zero-order chi connectivity index (χ0) is 11.0. The molecule has 0 aromatic carbocycles. The van der Waals surface area contributed by atoms with Crippen LogP contribution in [0.25, 0.3) is 0 Å². The molecule has 1 aliphatic carbocycles. The van der Waals surface area contributed by atoms with Crippen molar-refractivity contribution in [1.82, 2.24) is 9.78 Å². The number of alkyl halides is 1. The Kier molecular flexibility index (Phi) is 3.06. The fourth-order valence-electron chi connectivity index (χ4n) is 2.66. The molecule has 2 nitrogen and oxygen atoms in total. The molecule has 1 fully saturated rings. The molecule has 3 unspecified atom stereocenters. The molecule has 3 heteroatoms. The van der Waals surface area contributed by atoms with Crippen molar-refractivity contribution in [1.29, 1.82) is 0 Å². The summed E-state index contributed by atoms with van der Waals surface area (Å²) in [5, 5.41) is 4.77. The van der Waals surface area contributed by atoms with Crippen molar-refractivity contribution < 1.29 is 0 Å². The van der Waals surface area contributed by atoms with Gasteiger partial charge in [0.25, 0.3) is 0 Å². The van der Waals surface area contributed by atoms with Gasteiger partial charge in [-0.2, -0.15) is 5.10 Å². The van der Waals surface area contributed by atoms with Crippen LogP contribution in [0.3, 0.4) is 0 Å². The fraction of sp³-hybridized carbons (Fsp3) is 0.750. The average Bonchev–Trinajstić information content (AvgIpc) is 2.50. The molecule has 0 radical (unpaired) electrons. The number of aryl methyl sites for hydroxylation is 2. The minimum absolute atomic E-state index is 0.349. The molecule has 84 valence electrons. The molecular formula is C12H19ClN2. The maximum Gasteiger partial charge on any atom is 0.0596 e. The molecule has 1 aliphatic rings. The fourth-order valence-corrected chi connectivity index (χ4v) is 2.98. The first-order valence-corrected chi connectivity index (χ1v) is 6.16. The summed E-state index contributed by atoms with van der Waals surface area (Å²) < 4.78 is 2.02. The number of rotatable bonds is 1. The highest BCUT2D eigenvalue weighted by molar-refractivity contribution is 6.20. The van der Waals surface area contributed by atoms with Crippen molar-refractivity contribution in [3.05, 3.63) is 17.5 Å². The van der Waals surface area contributed by atoms with Crippen LogP contribution >= 0.6 is 11.6 Å². The second-order valence-electron chi connectivity index (χ2n) is 4.83. The number of hydrogen-bond acceptors (Lipinski definition) is 1. The van der Waals surface area contributed by atoms with E-state index in [1.54, 1.807) is 0 Å². The van der Waals surface area contributed by atoms with Gasteiger partial charge < -0.3 is 0 Å². The average molecular weight is 227 g/mol. The van der Waals surface area contributed by atoms with Crippen LogP contribution in [-0.4, -0.2) is 15.2 Å². The van der Waals surface area contributed by atoms with Gasteiger partial charge in [-0.3, -0.25) is 4.68 Å². The summed E-state index contributed by atoms with van der Waals surface area (Å²) in [7, 11) is 2.03. The Morgan fingerprint density at radius 3 is 2.80 bits per heavy atom. The van der Waals surface area contributed by atoms with Gasteiger partial charge in [0.05, 0.1) is 5.69 Å². The Labute approximate surface area is 96.6 Å². The zero-order valence-electron chi connectivity index (χ0n) is 9.70. The SMILES string of the molecule is Cc1cc(C2CC(Cl)CCC2C)n(C)n1. The lowest BCUT2D eigenvalue weighted by molar-refractivity contribution is 0.322. The van der Waals surface area contributed by atoms with Crippen LogP contribution in [0.1, 0.15) is 43.5 Å². The summed E-state index contributed by atoms with van der Waals surface area (Å²) in [6.07, 6.45) is 3.50. The molecule has 3 atom stereocenters. The molecular weight excluding hydrogens is 208 g/mol. The van der Waals surface area contributed by atoms with E-state index in [-0.39, 0.29) is 0 Å². The van der Waals surface area contributed by atoms with Crippen LogP contribution in [0.5, 0.6) is 0 Å². The molecule has 1 saturated carbocycles. The van der Waals surface area contributed by atoms with Gasteiger partial charge in [-0.25, -0.2) is 0 Å². The van der Waals surface area contributed by atoms with E-state index < -0.39 is 0 Å². The van der Waals surface area contributed by atoms with Crippen molar-refractivity contribution in [3.8, 4) is 0 Å². The molecule has 1 aromatic rings. The predicted octanol–water partition coefficient (Wildman–Crippen LogP) is 3.24. The summed E-state index contributed by atoms with van der Waals surface area (Å²) in [4.78, 5) is 0. The van der Waals surface area contributed by atoms with E-state index in [1.165, 1.54) is 12.1 Å². The van der Waals surface area contributed by atoms with Crippen LogP contribution in [-0.2, 0) is 7.05 Å². The van der Waals surface area contributed by atoms with Crippen molar-refractivity contribution in [2.45, 2.75) is 44.4 Å². The van der Waals surface area contributed by atoms with Gasteiger partial charge in [-0.15, -0.1) is 11.6 Å². The van der Waals surface area contributed by atoms with E-state index in [9.17, 15) is 0 Å². The number of aromatic nitrogens is 2. The van der Waals surface area contributed by atoms with Crippen LogP contribution in [0.4, 0.5) is 0 Å². The van der Waals surface area contributed by atoms with E-state index in [0.29, 0.717) is 11.3 Å². The van der Waals surface area contributed by atoms with E-state index in [1.807, 2.05) is 11.7 Å². The zero-order valence-corrected chi connectivity index (χ0v) is 10.5. The highest BCUT2D eigenvalue weighted by Crippen LogP contribution is 2.39. The summed E-state index contributed by atoms with van der Waals surface area (Å²) in [5.41, 5.74) is 2.46. The maximum atomic E-state index is 6.26. The third-order valence-electron chi connectivity index (χ3n) is 3.55. The predicted molar refractivity (Wildman–Crippen MR) is 63.3 cm³/mol. The van der Waals surface area contributed by atoms with Crippen molar-refractivity contribution in [3.63, 3.8) is 0 Å². The molecule has 0 N–H and O–H groups in total. The molecule has 0 saturated heterocycles. The monoisotopic (exact) mass is 226 g/mol. The van der Waals surface area contributed by atoms with E-state index in [4.69, 9.17) is 11.6 Å². The van der Waals surface area contributed by atoms with Crippen molar-refractivity contribution in [2.24, 2.45) is 13.0 Å². The summed E-state index contributed by atoms with van der Waals surface area (Å²) in [6.45, 7) is 4.38. The molecule has 0 spiro atoms. The topological polar surface area (TPSA) is 17.8 Å². The molecule has 1 aromatic heterocycles. The molecule has 15 heavy (non-hydrogen) atoms. The maximum absolute atomic E-state index is 6.26. The Bertz CT molecular complexity index is 345. The van der Waals surface area contributed by atoms with Gasteiger partial charge >= 0.3 is 0 Å². The number of nitrogens with zero attached hydrogens (tertiary/aromatic N) is 2. The summed E-state index contributed by atoms with van der Waals surface area (Å²) in [6, 6.07) is 2.20. The third kappa shape index (κ3) is 2.20. The Balaban J connectivity index is 2.24. The quantitative estimate of drug-likeness (QED) is 0.673. The Hall–Kier alpha value is -0.500. The first-order chi connectivity index (χ1) is 7.08. The second-order valence-corrected chi connectivity index (χ2v) is 5.45. The summed E-state index contributed by atoms with van der Waals surface area (Å²) >= 11 is 6.26. The smallest absolute Gasteiger partial charge is 0.0596 e. The first kappa shape index (κ1) is 11.0. The van der Waals surface area contributed by atoms with Crippen molar-refractivity contribution >= 4 is 11.6 Å². The molecule has 0 aliphatic heterocycles. The van der Waals surface area contributed by atoms with Gasteiger partial charge in [-0.1, -0.05) is 6.92 Å². The lowest BCUT2D eigenvalue weighted by Gasteiger charge is -2.31. The minimum atomic E-state index is 0.349. The van der Waals surface area contributed by atoms with Gasteiger partial charge in [0.2, 0.25) is 0 Å². The van der Waals surface area contributed by atoms with E-state index in [2.05, 4.69) is 25.0 Å². The van der Waals surface area contributed by atoms with Crippen molar-refractivity contribution in [2.75, 3.05) is 0 Å².